The Labute approximate surface area is 101 Å². The standard InChI is InChI=1S/C14H18O3/c1-10(14(15)16)11-2-4-12(5-3-11)13-6-8-17-9-7-13/h2-5,10,13H,6-9H2,1H3,(H,15,16). The molecule has 1 aromatic rings. The van der Waals surface area contributed by atoms with E-state index in [1.165, 1.54) is 5.56 Å². The number of benzene rings is 1. The molecular formula is C14H18O3. The monoisotopic (exact) mass is 234 g/mol. The number of carboxylic acids is 1. The molecule has 1 aliphatic heterocycles. The second-order valence-corrected chi connectivity index (χ2v) is 4.61. The Morgan fingerprint density at radius 2 is 1.88 bits per heavy atom. The average molecular weight is 234 g/mol. The van der Waals surface area contributed by atoms with Crippen molar-refractivity contribution in [2.24, 2.45) is 0 Å². The molecule has 1 fully saturated rings. The number of rotatable bonds is 3. The van der Waals surface area contributed by atoms with Gasteiger partial charge in [-0.2, -0.15) is 0 Å². The van der Waals surface area contributed by atoms with Crippen molar-refractivity contribution in [1.29, 1.82) is 0 Å². The minimum absolute atomic E-state index is 0.432. The molecule has 0 saturated carbocycles. The number of ether oxygens (including phenoxy) is 1. The zero-order chi connectivity index (χ0) is 12.3. The topological polar surface area (TPSA) is 46.5 Å². The first-order valence-electron chi connectivity index (χ1n) is 6.09. The number of carbonyl (C=O) groups is 1. The first-order chi connectivity index (χ1) is 8.18. The predicted molar refractivity (Wildman–Crippen MR) is 65.3 cm³/mol. The lowest BCUT2D eigenvalue weighted by atomic mass is 9.90. The third-order valence-electron chi connectivity index (χ3n) is 3.50. The van der Waals surface area contributed by atoms with Gasteiger partial charge < -0.3 is 9.84 Å². The molecule has 0 radical (unpaired) electrons. The maximum atomic E-state index is 10.9. The van der Waals surface area contributed by atoms with Gasteiger partial charge in [0.2, 0.25) is 0 Å². The lowest BCUT2D eigenvalue weighted by Crippen LogP contribution is -2.14. The molecule has 3 nitrogen and oxygen atoms in total. The molecule has 0 spiro atoms. The molecule has 3 heteroatoms. The van der Waals surface area contributed by atoms with E-state index < -0.39 is 11.9 Å². The van der Waals surface area contributed by atoms with Gasteiger partial charge in [-0.3, -0.25) is 4.79 Å². The van der Waals surface area contributed by atoms with Crippen molar-refractivity contribution in [3.8, 4) is 0 Å². The fraction of sp³-hybridized carbons (Fsp3) is 0.500. The number of hydrogen-bond acceptors (Lipinski definition) is 2. The lowest BCUT2D eigenvalue weighted by molar-refractivity contribution is -0.138. The fourth-order valence-corrected chi connectivity index (χ4v) is 2.23. The lowest BCUT2D eigenvalue weighted by Gasteiger charge is -2.22. The van der Waals surface area contributed by atoms with Crippen LogP contribution in [0.4, 0.5) is 0 Å². The van der Waals surface area contributed by atoms with E-state index in [0.717, 1.165) is 31.6 Å². The van der Waals surface area contributed by atoms with Crippen LogP contribution in [-0.2, 0) is 9.53 Å². The summed E-state index contributed by atoms with van der Waals surface area (Å²) in [6, 6.07) is 7.99. The Morgan fingerprint density at radius 1 is 1.29 bits per heavy atom. The van der Waals surface area contributed by atoms with E-state index in [4.69, 9.17) is 9.84 Å². The maximum absolute atomic E-state index is 10.9. The summed E-state index contributed by atoms with van der Waals surface area (Å²) in [5.41, 5.74) is 2.17. The van der Waals surface area contributed by atoms with Crippen molar-refractivity contribution >= 4 is 5.97 Å². The Morgan fingerprint density at radius 3 is 2.41 bits per heavy atom. The van der Waals surface area contributed by atoms with Gasteiger partial charge in [-0.15, -0.1) is 0 Å². The molecule has 1 heterocycles. The van der Waals surface area contributed by atoms with Crippen molar-refractivity contribution < 1.29 is 14.6 Å². The highest BCUT2D eigenvalue weighted by Gasteiger charge is 2.17. The van der Waals surface area contributed by atoms with Crippen molar-refractivity contribution in [2.45, 2.75) is 31.6 Å². The van der Waals surface area contributed by atoms with Crippen LogP contribution >= 0.6 is 0 Å². The Hall–Kier alpha value is -1.35. The van der Waals surface area contributed by atoms with Gasteiger partial charge in [0.25, 0.3) is 0 Å². The molecule has 92 valence electrons. The third kappa shape index (κ3) is 2.86. The summed E-state index contributed by atoms with van der Waals surface area (Å²) in [6.45, 7) is 3.38. The minimum atomic E-state index is -0.774. The predicted octanol–water partition coefficient (Wildman–Crippen LogP) is 2.77. The van der Waals surface area contributed by atoms with Gasteiger partial charge in [0.15, 0.2) is 0 Å². The molecule has 1 aliphatic rings. The van der Waals surface area contributed by atoms with Gasteiger partial charge in [0, 0.05) is 13.2 Å². The molecule has 17 heavy (non-hydrogen) atoms. The van der Waals surface area contributed by atoms with E-state index in [1.54, 1.807) is 6.92 Å². The van der Waals surface area contributed by atoms with E-state index in [2.05, 4.69) is 12.1 Å². The molecule has 1 unspecified atom stereocenters. The van der Waals surface area contributed by atoms with Crippen LogP contribution in [0.25, 0.3) is 0 Å². The van der Waals surface area contributed by atoms with E-state index in [1.807, 2.05) is 12.1 Å². The van der Waals surface area contributed by atoms with Crippen LogP contribution in [0, 0.1) is 0 Å². The van der Waals surface area contributed by atoms with Crippen LogP contribution < -0.4 is 0 Å². The van der Waals surface area contributed by atoms with Crippen LogP contribution in [-0.4, -0.2) is 24.3 Å². The highest BCUT2D eigenvalue weighted by molar-refractivity contribution is 5.75. The summed E-state index contributed by atoms with van der Waals surface area (Å²) in [5.74, 6) is -0.638. The van der Waals surface area contributed by atoms with E-state index in [0.29, 0.717) is 5.92 Å². The van der Waals surface area contributed by atoms with Gasteiger partial charge in [-0.1, -0.05) is 24.3 Å². The largest absolute Gasteiger partial charge is 0.481 e. The van der Waals surface area contributed by atoms with Crippen molar-refractivity contribution in [3.05, 3.63) is 35.4 Å². The summed E-state index contributed by atoms with van der Waals surface area (Å²) in [7, 11) is 0. The maximum Gasteiger partial charge on any atom is 0.310 e. The summed E-state index contributed by atoms with van der Waals surface area (Å²) in [5, 5.41) is 8.94. The second-order valence-electron chi connectivity index (χ2n) is 4.61. The van der Waals surface area contributed by atoms with Crippen molar-refractivity contribution in [2.75, 3.05) is 13.2 Å². The zero-order valence-corrected chi connectivity index (χ0v) is 10.1. The molecule has 1 saturated heterocycles. The molecule has 0 aromatic heterocycles. The molecule has 0 aliphatic carbocycles. The molecule has 1 aromatic carbocycles. The normalized spacial score (nSPS) is 18.9. The summed E-state index contributed by atoms with van der Waals surface area (Å²) < 4.78 is 5.34. The molecule has 2 rings (SSSR count). The first-order valence-corrected chi connectivity index (χ1v) is 6.09. The number of aliphatic carboxylic acids is 1. The molecular weight excluding hydrogens is 216 g/mol. The van der Waals surface area contributed by atoms with Crippen molar-refractivity contribution in [1.82, 2.24) is 0 Å². The van der Waals surface area contributed by atoms with Gasteiger partial charge in [-0.25, -0.2) is 0 Å². The summed E-state index contributed by atoms with van der Waals surface area (Å²) in [6.07, 6.45) is 2.13. The zero-order valence-electron chi connectivity index (χ0n) is 10.1. The van der Waals surface area contributed by atoms with Crippen molar-refractivity contribution in [3.63, 3.8) is 0 Å². The molecule has 1 atom stereocenters. The van der Waals surface area contributed by atoms with Gasteiger partial charge in [-0.05, 0) is 36.8 Å². The summed E-state index contributed by atoms with van der Waals surface area (Å²) >= 11 is 0. The second kappa shape index (κ2) is 5.32. The number of hydrogen-bond donors (Lipinski definition) is 1. The SMILES string of the molecule is CC(C(=O)O)c1ccc(C2CCOCC2)cc1. The fourth-order valence-electron chi connectivity index (χ4n) is 2.23. The van der Waals surface area contributed by atoms with Crippen LogP contribution in [0.1, 0.15) is 42.7 Å². The molecule has 0 bridgehead atoms. The molecule has 1 N–H and O–H groups in total. The Kier molecular flexibility index (Phi) is 3.79. The minimum Gasteiger partial charge on any atom is -0.481 e. The van der Waals surface area contributed by atoms with Crippen LogP contribution in [0.3, 0.4) is 0 Å². The first kappa shape index (κ1) is 12.1. The quantitative estimate of drug-likeness (QED) is 0.874. The van der Waals surface area contributed by atoms with Gasteiger partial charge in [0.05, 0.1) is 5.92 Å². The van der Waals surface area contributed by atoms with Gasteiger partial charge in [0.1, 0.15) is 0 Å². The van der Waals surface area contributed by atoms with E-state index >= 15 is 0 Å². The number of carboxylic acid groups (broad SMARTS) is 1. The van der Waals surface area contributed by atoms with Crippen LogP contribution in [0.15, 0.2) is 24.3 Å². The third-order valence-corrected chi connectivity index (χ3v) is 3.50. The van der Waals surface area contributed by atoms with E-state index in [-0.39, 0.29) is 0 Å². The highest BCUT2D eigenvalue weighted by atomic mass is 16.5. The Bertz CT molecular complexity index is 377. The molecule has 0 amide bonds. The average Bonchev–Trinajstić information content (AvgIpc) is 2.39. The van der Waals surface area contributed by atoms with Crippen LogP contribution in [0.5, 0.6) is 0 Å². The van der Waals surface area contributed by atoms with Crippen LogP contribution in [0.2, 0.25) is 0 Å². The van der Waals surface area contributed by atoms with Gasteiger partial charge >= 0.3 is 5.97 Å². The summed E-state index contributed by atoms with van der Waals surface area (Å²) in [4.78, 5) is 10.9. The smallest absolute Gasteiger partial charge is 0.310 e. The highest BCUT2D eigenvalue weighted by Crippen LogP contribution is 2.28. The Balaban J connectivity index is 2.09. The van der Waals surface area contributed by atoms with E-state index in [9.17, 15) is 4.79 Å².